The van der Waals surface area contributed by atoms with Gasteiger partial charge in [-0.25, -0.2) is 9.59 Å². The zero-order valence-electron chi connectivity index (χ0n) is 10.6. The highest BCUT2D eigenvalue weighted by molar-refractivity contribution is 5.82. The predicted molar refractivity (Wildman–Crippen MR) is 65.3 cm³/mol. The molecule has 0 radical (unpaired) electrons. The fourth-order valence-corrected chi connectivity index (χ4v) is 2.10. The van der Waals surface area contributed by atoms with Crippen LogP contribution in [-0.4, -0.2) is 65.4 Å². The molecule has 0 aliphatic carbocycles. The third-order valence-corrected chi connectivity index (χ3v) is 3.13. The fourth-order valence-electron chi connectivity index (χ4n) is 2.10. The number of nitrogens with one attached hydrogen (secondary N) is 2. The number of nitrogens with zero attached hydrogens (tertiary/aromatic N) is 1. The SMILES string of the molecule is CCN(C(=O)N[C@@H](CO)C(=O)O)C1CCNCC1. The van der Waals surface area contributed by atoms with Crippen LogP contribution in [0.25, 0.3) is 0 Å². The number of carboxylic acids is 1. The summed E-state index contributed by atoms with van der Waals surface area (Å²) in [6.45, 7) is 3.49. The highest BCUT2D eigenvalue weighted by atomic mass is 16.4. The van der Waals surface area contributed by atoms with Crippen molar-refractivity contribution in [3.05, 3.63) is 0 Å². The van der Waals surface area contributed by atoms with E-state index in [4.69, 9.17) is 10.2 Å². The van der Waals surface area contributed by atoms with Crippen LogP contribution in [-0.2, 0) is 4.79 Å². The molecule has 0 spiro atoms. The number of rotatable bonds is 5. The third-order valence-electron chi connectivity index (χ3n) is 3.13. The van der Waals surface area contributed by atoms with Gasteiger partial charge in [-0.05, 0) is 32.9 Å². The van der Waals surface area contributed by atoms with E-state index in [9.17, 15) is 9.59 Å². The summed E-state index contributed by atoms with van der Waals surface area (Å²) in [4.78, 5) is 24.3. The first-order valence-corrected chi connectivity index (χ1v) is 6.21. The molecule has 18 heavy (non-hydrogen) atoms. The van der Waals surface area contributed by atoms with Crippen molar-refractivity contribution in [3.63, 3.8) is 0 Å². The van der Waals surface area contributed by atoms with E-state index < -0.39 is 24.6 Å². The van der Waals surface area contributed by atoms with Gasteiger partial charge >= 0.3 is 12.0 Å². The van der Waals surface area contributed by atoms with Gasteiger partial charge in [-0.2, -0.15) is 0 Å². The topological polar surface area (TPSA) is 102 Å². The van der Waals surface area contributed by atoms with Crippen LogP contribution in [0.3, 0.4) is 0 Å². The fraction of sp³-hybridized carbons (Fsp3) is 0.818. The summed E-state index contributed by atoms with van der Waals surface area (Å²) >= 11 is 0. The molecule has 0 bridgehead atoms. The quantitative estimate of drug-likeness (QED) is 0.518. The molecular formula is C11H21N3O4. The molecule has 4 N–H and O–H groups in total. The Balaban J connectivity index is 2.57. The zero-order valence-corrected chi connectivity index (χ0v) is 10.6. The molecule has 1 aliphatic rings. The molecule has 0 aromatic rings. The molecule has 1 aliphatic heterocycles. The Kier molecular flexibility index (Phi) is 5.87. The largest absolute Gasteiger partial charge is 0.480 e. The second-order valence-electron chi connectivity index (χ2n) is 4.29. The molecular weight excluding hydrogens is 238 g/mol. The summed E-state index contributed by atoms with van der Waals surface area (Å²) < 4.78 is 0. The summed E-state index contributed by atoms with van der Waals surface area (Å²) in [7, 11) is 0. The summed E-state index contributed by atoms with van der Waals surface area (Å²) in [5.41, 5.74) is 0. The molecule has 7 heteroatoms. The van der Waals surface area contributed by atoms with Crippen LogP contribution in [0.1, 0.15) is 19.8 Å². The number of carbonyl (C=O) groups is 2. The molecule has 1 atom stereocenters. The molecule has 1 saturated heterocycles. The maximum absolute atomic E-state index is 12.0. The Labute approximate surface area is 106 Å². The molecule has 0 aromatic carbocycles. The van der Waals surface area contributed by atoms with Crippen LogP contribution in [0.15, 0.2) is 0 Å². The zero-order chi connectivity index (χ0) is 13.5. The highest BCUT2D eigenvalue weighted by Crippen LogP contribution is 2.11. The van der Waals surface area contributed by atoms with Crippen molar-refractivity contribution in [2.24, 2.45) is 0 Å². The number of aliphatic hydroxyl groups excluding tert-OH is 1. The van der Waals surface area contributed by atoms with Crippen LogP contribution < -0.4 is 10.6 Å². The highest BCUT2D eigenvalue weighted by Gasteiger charge is 2.27. The average molecular weight is 259 g/mol. The Hall–Kier alpha value is -1.34. The van der Waals surface area contributed by atoms with Crippen molar-refractivity contribution in [3.8, 4) is 0 Å². The lowest BCUT2D eigenvalue weighted by Crippen LogP contribution is -2.54. The lowest BCUT2D eigenvalue weighted by Gasteiger charge is -2.34. The van der Waals surface area contributed by atoms with E-state index in [0.717, 1.165) is 25.9 Å². The van der Waals surface area contributed by atoms with Crippen molar-refractivity contribution in [2.45, 2.75) is 31.8 Å². The standard InChI is InChI=1S/C11H21N3O4/c1-2-14(8-3-5-12-6-4-8)11(18)13-9(7-15)10(16)17/h8-9,12,15H,2-7H2,1H3,(H,13,18)(H,16,17)/t9-/m0/s1. The number of carbonyl (C=O) groups excluding carboxylic acids is 1. The van der Waals surface area contributed by atoms with Crippen LogP contribution >= 0.6 is 0 Å². The Morgan fingerprint density at radius 2 is 2.06 bits per heavy atom. The van der Waals surface area contributed by atoms with Gasteiger partial charge in [0.2, 0.25) is 0 Å². The minimum atomic E-state index is -1.24. The lowest BCUT2D eigenvalue weighted by atomic mass is 10.1. The first-order valence-electron chi connectivity index (χ1n) is 6.21. The molecule has 0 unspecified atom stereocenters. The van der Waals surface area contributed by atoms with Gasteiger partial charge in [-0.1, -0.05) is 0 Å². The first-order chi connectivity index (χ1) is 8.60. The van der Waals surface area contributed by atoms with Gasteiger partial charge < -0.3 is 25.7 Å². The number of amides is 2. The second kappa shape index (κ2) is 7.17. The Bertz CT molecular complexity index is 292. The van der Waals surface area contributed by atoms with E-state index in [1.54, 1.807) is 4.90 Å². The van der Waals surface area contributed by atoms with E-state index in [0.29, 0.717) is 6.54 Å². The Morgan fingerprint density at radius 1 is 1.44 bits per heavy atom. The lowest BCUT2D eigenvalue weighted by molar-refractivity contribution is -0.140. The van der Waals surface area contributed by atoms with Crippen LogP contribution in [0.5, 0.6) is 0 Å². The number of aliphatic hydroxyl groups is 1. The molecule has 0 saturated carbocycles. The van der Waals surface area contributed by atoms with Crippen molar-refractivity contribution >= 4 is 12.0 Å². The van der Waals surface area contributed by atoms with Gasteiger partial charge in [0.1, 0.15) is 0 Å². The summed E-state index contributed by atoms with van der Waals surface area (Å²) in [6, 6.07) is -1.54. The maximum Gasteiger partial charge on any atom is 0.328 e. The van der Waals surface area contributed by atoms with Gasteiger partial charge in [0.25, 0.3) is 0 Å². The molecule has 0 aromatic heterocycles. The minimum absolute atomic E-state index is 0.129. The molecule has 1 rings (SSSR count). The van der Waals surface area contributed by atoms with Crippen molar-refractivity contribution in [1.29, 1.82) is 0 Å². The summed E-state index contributed by atoms with van der Waals surface area (Å²) in [5.74, 6) is -1.23. The van der Waals surface area contributed by atoms with Crippen LogP contribution in [0.2, 0.25) is 0 Å². The van der Waals surface area contributed by atoms with Gasteiger partial charge in [0.15, 0.2) is 6.04 Å². The first kappa shape index (κ1) is 14.7. The van der Waals surface area contributed by atoms with E-state index in [1.165, 1.54) is 0 Å². The summed E-state index contributed by atoms with van der Waals surface area (Å²) in [5, 5.41) is 23.2. The van der Waals surface area contributed by atoms with E-state index in [-0.39, 0.29) is 6.04 Å². The number of piperidine rings is 1. The molecule has 7 nitrogen and oxygen atoms in total. The second-order valence-corrected chi connectivity index (χ2v) is 4.29. The van der Waals surface area contributed by atoms with Gasteiger partial charge in [-0.3, -0.25) is 0 Å². The Morgan fingerprint density at radius 3 is 2.50 bits per heavy atom. The van der Waals surface area contributed by atoms with Crippen molar-refractivity contribution < 1.29 is 19.8 Å². The van der Waals surface area contributed by atoms with Crippen LogP contribution in [0, 0.1) is 0 Å². The molecule has 1 heterocycles. The predicted octanol–water partition coefficient (Wildman–Crippen LogP) is -0.785. The normalized spacial score (nSPS) is 18.1. The maximum atomic E-state index is 12.0. The number of aliphatic carboxylic acids is 1. The number of carboxylic acid groups (broad SMARTS) is 1. The van der Waals surface area contributed by atoms with Crippen LogP contribution in [0.4, 0.5) is 4.79 Å². The number of hydrogen-bond donors (Lipinski definition) is 4. The van der Waals surface area contributed by atoms with Crippen molar-refractivity contribution in [2.75, 3.05) is 26.2 Å². The van der Waals surface area contributed by atoms with Crippen molar-refractivity contribution in [1.82, 2.24) is 15.5 Å². The van der Waals surface area contributed by atoms with E-state index >= 15 is 0 Å². The molecule has 1 fully saturated rings. The van der Waals surface area contributed by atoms with Gasteiger partial charge in [0, 0.05) is 12.6 Å². The van der Waals surface area contributed by atoms with E-state index in [1.807, 2.05) is 6.92 Å². The van der Waals surface area contributed by atoms with E-state index in [2.05, 4.69) is 10.6 Å². The smallest absolute Gasteiger partial charge is 0.328 e. The number of urea groups is 1. The summed E-state index contributed by atoms with van der Waals surface area (Å²) in [6.07, 6.45) is 1.72. The monoisotopic (exact) mass is 259 g/mol. The van der Waals surface area contributed by atoms with Gasteiger partial charge in [-0.15, -0.1) is 0 Å². The van der Waals surface area contributed by atoms with Gasteiger partial charge in [0.05, 0.1) is 6.61 Å². The molecule has 104 valence electrons. The molecule has 2 amide bonds. The third kappa shape index (κ3) is 3.85. The number of hydrogen-bond acceptors (Lipinski definition) is 4. The minimum Gasteiger partial charge on any atom is -0.480 e. The average Bonchev–Trinajstić information content (AvgIpc) is 2.37.